The van der Waals surface area contributed by atoms with Gasteiger partial charge in [-0.25, -0.2) is 9.97 Å². The van der Waals surface area contributed by atoms with Gasteiger partial charge in [0.1, 0.15) is 5.82 Å². The molecule has 144 valence electrons. The summed E-state index contributed by atoms with van der Waals surface area (Å²) in [6, 6.07) is 22.8. The van der Waals surface area contributed by atoms with E-state index >= 15 is 0 Å². The minimum Gasteiger partial charge on any atom is -0.383 e. The molecule has 5 nitrogen and oxygen atoms in total. The number of hydrogen-bond donors (Lipinski definition) is 2. The highest BCUT2D eigenvalue weighted by Gasteiger charge is 2.11. The van der Waals surface area contributed by atoms with E-state index in [9.17, 15) is 4.79 Å². The molecule has 4 rings (SSSR count). The van der Waals surface area contributed by atoms with Crippen LogP contribution in [0.2, 0.25) is 0 Å². The molecule has 5 heteroatoms. The summed E-state index contributed by atoms with van der Waals surface area (Å²) in [4.78, 5) is 21.8. The lowest BCUT2D eigenvalue weighted by molar-refractivity contribution is 0.102. The molecule has 0 atom stereocenters. The van der Waals surface area contributed by atoms with Gasteiger partial charge in [0.05, 0.1) is 5.52 Å². The quantitative estimate of drug-likeness (QED) is 0.505. The van der Waals surface area contributed by atoms with Crippen LogP contribution in [0.25, 0.3) is 22.3 Å². The number of carbonyl (C=O) groups is 1. The molecule has 0 fully saturated rings. The number of nitrogens with zero attached hydrogens (tertiary/aromatic N) is 2. The van der Waals surface area contributed by atoms with Gasteiger partial charge in [0.15, 0.2) is 5.82 Å². The molecule has 0 aliphatic heterocycles. The Hall–Kier alpha value is -3.73. The highest BCUT2D eigenvalue weighted by molar-refractivity contribution is 6.05. The number of rotatable bonds is 4. The summed E-state index contributed by atoms with van der Waals surface area (Å²) >= 11 is 0. The second-order valence-electron chi connectivity index (χ2n) is 7.26. The zero-order valence-corrected chi connectivity index (χ0v) is 16.4. The van der Waals surface area contributed by atoms with Crippen LogP contribution in [0.1, 0.15) is 35.7 Å². The van der Waals surface area contributed by atoms with Crippen LogP contribution in [0.5, 0.6) is 0 Å². The van der Waals surface area contributed by atoms with Crippen LogP contribution in [0, 0.1) is 0 Å². The summed E-state index contributed by atoms with van der Waals surface area (Å²) in [5, 5.41) is 3.78. The van der Waals surface area contributed by atoms with E-state index in [1.807, 2.05) is 54.6 Å². The number of hydrogen-bond acceptors (Lipinski definition) is 4. The lowest BCUT2D eigenvalue weighted by Gasteiger charge is -2.10. The van der Waals surface area contributed by atoms with Gasteiger partial charge < -0.3 is 11.1 Å². The normalized spacial score (nSPS) is 11.0. The Morgan fingerprint density at radius 1 is 0.931 bits per heavy atom. The van der Waals surface area contributed by atoms with Crippen LogP contribution in [0.3, 0.4) is 0 Å². The minimum atomic E-state index is -0.179. The molecule has 1 heterocycles. The number of aromatic nitrogens is 2. The Bertz CT molecular complexity index is 1200. The summed E-state index contributed by atoms with van der Waals surface area (Å²) in [5.41, 5.74) is 10.1. The summed E-state index contributed by atoms with van der Waals surface area (Å²) in [7, 11) is 0. The van der Waals surface area contributed by atoms with Crippen molar-refractivity contribution in [2.45, 2.75) is 19.8 Å². The number of anilines is 2. The smallest absolute Gasteiger partial charge is 0.255 e. The first kappa shape index (κ1) is 18.6. The average Bonchev–Trinajstić information content (AvgIpc) is 2.74. The van der Waals surface area contributed by atoms with Gasteiger partial charge in [0, 0.05) is 22.2 Å². The second-order valence-corrected chi connectivity index (χ2v) is 7.26. The van der Waals surface area contributed by atoms with Gasteiger partial charge in [0.25, 0.3) is 5.91 Å². The number of fused-ring (bicyclic) bond motifs is 1. The fourth-order valence-corrected chi connectivity index (χ4v) is 3.21. The van der Waals surface area contributed by atoms with E-state index in [1.165, 1.54) is 5.56 Å². The minimum absolute atomic E-state index is 0.179. The maximum Gasteiger partial charge on any atom is 0.255 e. The first-order chi connectivity index (χ1) is 14.0. The summed E-state index contributed by atoms with van der Waals surface area (Å²) in [6.45, 7) is 4.25. The molecule has 0 bridgehead atoms. The van der Waals surface area contributed by atoms with Gasteiger partial charge in [-0.1, -0.05) is 50.2 Å². The van der Waals surface area contributed by atoms with Gasteiger partial charge >= 0.3 is 0 Å². The van der Waals surface area contributed by atoms with Crippen LogP contribution in [-0.4, -0.2) is 15.9 Å². The summed E-state index contributed by atoms with van der Waals surface area (Å²) in [6.07, 6.45) is 0. The van der Waals surface area contributed by atoms with E-state index in [4.69, 9.17) is 5.73 Å². The number of benzene rings is 3. The first-order valence-corrected chi connectivity index (χ1v) is 9.55. The molecule has 0 saturated carbocycles. The SMILES string of the molecule is CC(C)c1cccc(NC(=O)c2cccc(-c3nc(N)c4ccccc4n3)c2)c1. The summed E-state index contributed by atoms with van der Waals surface area (Å²) in [5.74, 6) is 1.14. The predicted molar refractivity (Wildman–Crippen MR) is 118 cm³/mol. The van der Waals surface area contributed by atoms with Gasteiger partial charge in [-0.2, -0.15) is 0 Å². The number of para-hydroxylation sites is 1. The van der Waals surface area contributed by atoms with E-state index in [1.54, 1.807) is 12.1 Å². The van der Waals surface area contributed by atoms with Crippen molar-refractivity contribution in [1.82, 2.24) is 9.97 Å². The van der Waals surface area contributed by atoms with Crippen LogP contribution in [0.4, 0.5) is 11.5 Å². The Labute approximate surface area is 169 Å². The zero-order chi connectivity index (χ0) is 20.4. The Kier molecular flexibility index (Phi) is 4.96. The molecule has 0 aliphatic rings. The number of carbonyl (C=O) groups excluding carboxylic acids is 1. The molecule has 0 aliphatic carbocycles. The van der Waals surface area contributed by atoms with Crippen molar-refractivity contribution in [2.24, 2.45) is 0 Å². The maximum atomic E-state index is 12.8. The zero-order valence-electron chi connectivity index (χ0n) is 16.4. The maximum absolute atomic E-state index is 12.8. The summed E-state index contributed by atoms with van der Waals surface area (Å²) < 4.78 is 0. The van der Waals surface area contributed by atoms with Gasteiger partial charge in [0.2, 0.25) is 0 Å². The standard InChI is InChI=1S/C24H22N4O/c1-15(2)16-7-6-10-19(14-16)26-24(29)18-9-5-8-17(13-18)23-27-21-12-4-3-11-20(21)22(25)28-23/h3-15H,1-2H3,(H,26,29)(H2,25,27,28). The molecule has 0 spiro atoms. The lowest BCUT2D eigenvalue weighted by Crippen LogP contribution is -2.12. The van der Waals surface area contributed by atoms with Crippen molar-refractivity contribution in [3.8, 4) is 11.4 Å². The topological polar surface area (TPSA) is 80.9 Å². The Balaban J connectivity index is 1.64. The van der Waals surface area contributed by atoms with Crippen LogP contribution < -0.4 is 11.1 Å². The fraction of sp³-hybridized carbons (Fsp3) is 0.125. The van der Waals surface area contributed by atoms with E-state index in [0.717, 1.165) is 22.2 Å². The number of nitrogen functional groups attached to an aromatic ring is 1. The van der Waals surface area contributed by atoms with Crippen molar-refractivity contribution >= 4 is 28.3 Å². The van der Waals surface area contributed by atoms with E-state index in [0.29, 0.717) is 23.1 Å². The third-order valence-electron chi connectivity index (χ3n) is 4.83. The molecule has 0 radical (unpaired) electrons. The monoisotopic (exact) mass is 382 g/mol. The molecule has 0 unspecified atom stereocenters. The van der Waals surface area contributed by atoms with Gasteiger partial charge in [-0.3, -0.25) is 4.79 Å². The molecule has 1 aromatic heterocycles. The van der Waals surface area contributed by atoms with E-state index in [2.05, 4.69) is 35.2 Å². The van der Waals surface area contributed by atoms with Crippen molar-refractivity contribution in [2.75, 3.05) is 11.1 Å². The third kappa shape index (κ3) is 3.94. The largest absolute Gasteiger partial charge is 0.383 e. The lowest BCUT2D eigenvalue weighted by atomic mass is 10.0. The number of amides is 1. The predicted octanol–water partition coefficient (Wildman–Crippen LogP) is 5.25. The molecular formula is C24H22N4O. The van der Waals surface area contributed by atoms with Crippen molar-refractivity contribution < 1.29 is 4.79 Å². The molecule has 0 saturated heterocycles. The number of nitrogens with two attached hydrogens (primary N) is 1. The van der Waals surface area contributed by atoms with E-state index < -0.39 is 0 Å². The fourth-order valence-electron chi connectivity index (χ4n) is 3.21. The van der Waals surface area contributed by atoms with Crippen LogP contribution >= 0.6 is 0 Å². The van der Waals surface area contributed by atoms with Crippen molar-refractivity contribution in [3.63, 3.8) is 0 Å². The molecular weight excluding hydrogens is 360 g/mol. The highest BCUT2D eigenvalue weighted by Crippen LogP contribution is 2.24. The van der Waals surface area contributed by atoms with E-state index in [-0.39, 0.29) is 5.91 Å². The van der Waals surface area contributed by atoms with Crippen LogP contribution in [0.15, 0.2) is 72.8 Å². The Morgan fingerprint density at radius 3 is 2.55 bits per heavy atom. The number of nitrogens with one attached hydrogen (secondary N) is 1. The molecule has 4 aromatic rings. The molecule has 1 amide bonds. The Morgan fingerprint density at radius 2 is 1.72 bits per heavy atom. The van der Waals surface area contributed by atoms with Crippen molar-refractivity contribution in [3.05, 3.63) is 83.9 Å². The second kappa shape index (κ2) is 7.72. The molecule has 29 heavy (non-hydrogen) atoms. The highest BCUT2D eigenvalue weighted by atomic mass is 16.1. The van der Waals surface area contributed by atoms with Crippen molar-refractivity contribution in [1.29, 1.82) is 0 Å². The molecule has 3 N–H and O–H groups in total. The van der Waals surface area contributed by atoms with Gasteiger partial charge in [-0.05, 0) is 47.9 Å². The van der Waals surface area contributed by atoms with Gasteiger partial charge in [-0.15, -0.1) is 0 Å². The third-order valence-corrected chi connectivity index (χ3v) is 4.83. The first-order valence-electron chi connectivity index (χ1n) is 9.55. The average molecular weight is 382 g/mol. The van der Waals surface area contributed by atoms with Crippen LogP contribution in [-0.2, 0) is 0 Å². The molecule has 3 aromatic carbocycles.